The molecule has 5 heteroatoms. The van der Waals surface area contributed by atoms with Gasteiger partial charge >= 0.3 is 0 Å². The molecule has 14 heavy (non-hydrogen) atoms. The van der Waals surface area contributed by atoms with Gasteiger partial charge in [0.2, 0.25) is 10.0 Å². The molecule has 0 amide bonds. The molecule has 1 rings (SSSR count). The molecule has 4 nitrogen and oxygen atoms in total. The molecule has 1 unspecified atom stereocenters. The van der Waals surface area contributed by atoms with Crippen molar-refractivity contribution in [3.8, 4) is 0 Å². The molecule has 0 bridgehead atoms. The summed E-state index contributed by atoms with van der Waals surface area (Å²) in [5, 5.41) is 10.2. The molecule has 1 fully saturated rings. The van der Waals surface area contributed by atoms with E-state index in [4.69, 9.17) is 0 Å². The van der Waals surface area contributed by atoms with Gasteiger partial charge in [0.1, 0.15) is 0 Å². The topological polar surface area (TPSA) is 57.6 Å². The summed E-state index contributed by atoms with van der Waals surface area (Å²) >= 11 is 0. The molecule has 0 spiro atoms. The highest BCUT2D eigenvalue weighted by atomic mass is 32.2. The predicted molar refractivity (Wildman–Crippen MR) is 55.4 cm³/mol. The largest absolute Gasteiger partial charge is 0.388 e. The lowest BCUT2D eigenvalue weighted by Crippen LogP contribution is -2.52. The summed E-state index contributed by atoms with van der Waals surface area (Å²) in [5.41, 5.74) is -0.846. The van der Waals surface area contributed by atoms with Gasteiger partial charge in [-0.3, -0.25) is 0 Å². The summed E-state index contributed by atoms with van der Waals surface area (Å²) in [6.07, 6.45) is 2.62. The van der Waals surface area contributed by atoms with Gasteiger partial charge in [-0.15, -0.1) is 0 Å². The Morgan fingerprint density at radius 3 is 2.43 bits per heavy atom. The van der Waals surface area contributed by atoms with Crippen molar-refractivity contribution >= 4 is 10.0 Å². The highest BCUT2D eigenvalue weighted by molar-refractivity contribution is 7.88. The summed E-state index contributed by atoms with van der Waals surface area (Å²) in [4.78, 5) is 0. The first-order chi connectivity index (χ1) is 6.26. The van der Waals surface area contributed by atoms with Crippen LogP contribution in [-0.2, 0) is 10.0 Å². The Morgan fingerprint density at radius 1 is 1.43 bits per heavy atom. The van der Waals surface area contributed by atoms with Crippen molar-refractivity contribution in [3.05, 3.63) is 0 Å². The number of β-amino-alcohol motifs (C(OH)–C–C–N with tert-alkyl or cyclic N) is 1. The van der Waals surface area contributed by atoms with Crippen molar-refractivity contribution in [2.24, 2.45) is 5.92 Å². The van der Waals surface area contributed by atoms with Crippen LogP contribution in [0.5, 0.6) is 0 Å². The van der Waals surface area contributed by atoms with E-state index in [0.717, 1.165) is 6.42 Å². The second-order valence-electron chi connectivity index (χ2n) is 4.46. The fraction of sp³-hybridized carbons (Fsp3) is 1.00. The van der Waals surface area contributed by atoms with Crippen molar-refractivity contribution in [3.63, 3.8) is 0 Å². The van der Waals surface area contributed by atoms with E-state index in [9.17, 15) is 13.5 Å². The van der Waals surface area contributed by atoms with Crippen LogP contribution in [0.4, 0.5) is 0 Å². The number of aliphatic hydroxyl groups is 1. The van der Waals surface area contributed by atoms with Crippen LogP contribution in [0.1, 0.15) is 26.7 Å². The Hall–Kier alpha value is -0.130. The lowest BCUT2D eigenvalue weighted by molar-refractivity contribution is -0.0454. The molecule has 1 atom stereocenters. The number of piperidine rings is 1. The maximum absolute atomic E-state index is 11.3. The second kappa shape index (κ2) is 3.79. The third-order valence-corrected chi connectivity index (χ3v) is 4.26. The van der Waals surface area contributed by atoms with Crippen molar-refractivity contribution in [2.75, 3.05) is 19.3 Å². The zero-order chi connectivity index (χ0) is 11.0. The Morgan fingerprint density at radius 2 is 2.00 bits per heavy atom. The summed E-state index contributed by atoms with van der Waals surface area (Å²) in [6.45, 7) is 4.62. The first-order valence-electron chi connectivity index (χ1n) is 4.93. The minimum Gasteiger partial charge on any atom is -0.388 e. The third-order valence-electron chi connectivity index (χ3n) is 3.01. The molecule has 0 radical (unpaired) electrons. The normalized spacial score (nSPS) is 30.9. The Kier molecular flexibility index (Phi) is 3.23. The standard InChI is InChI=1S/C9H19NO3S/c1-8(2)9(11)5-4-6-10(7-9)14(3,12)13/h8,11H,4-7H2,1-3H3. The number of sulfonamides is 1. The third kappa shape index (κ3) is 2.46. The Labute approximate surface area is 86.0 Å². The van der Waals surface area contributed by atoms with Crippen LogP contribution in [0.3, 0.4) is 0 Å². The van der Waals surface area contributed by atoms with E-state index in [2.05, 4.69) is 0 Å². The van der Waals surface area contributed by atoms with Gasteiger partial charge in [-0.2, -0.15) is 4.31 Å². The fourth-order valence-corrected chi connectivity index (χ4v) is 2.70. The molecule has 0 aromatic heterocycles. The average Bonchev–Trinajstić information content (AvgIpc) is 2.02. The van der Waals surface area contributed by atoms with Crippen LogP contribution < -0.4 is 0 Å². The van der Waals surface area contributed by atoms with E-state index in [-0.39, 0.29) is 12.5 Å². The molecule has 1 aliphatic rings. The highest BCUT2D eigenvalue weighted by Crippen LogP contribution is 2.29. The number of hydrogen-bond acceptors (Lipinski definition) is 3. The molecule has 1 N–H and O–H groups in total. The van der Waals surface area contributed by atoms with Gasteiger partial charge in [-0.25, -0.2) is 8.42 Å². The molecule has 0 aromatic carbocycles. The van der Waals surface area contributed by atoms with Gasteiger partial charge in [-0.1, -0.05) is 13.8 Å². The van der Waals surface area contributed by atoms with Gasteiger partial charge in [0, 0.05) is 13.1 Å². The quantitative estimate of drug-likeness (QED) is 0.735. The van der Waals surface area contributed by atoms with Crippen molar-refractivity contribution in [1.29, 1.82) is 0 Å². The van der Waals surface area contributed by atoms with Crippen LogP contribution in [0.25, 0.3) is 0 Å². The molecule has 84 valence electrons. The summed E-state index contributed by atoms with van der Waals surface area (Å²) in [7, 11) is -3.16. The summed E-state index contributed by atoms with van der Waals surface area (Å²) < 4.78 is 24.0. The van der Waals surface area contributed by atoms with Gasteiger partial charge in [0.25, 0.3) is 0 Å². The SMILES string of the molecule is CC(C)C1(O)CCCN(S(C)(=O)=O)C1. The van der Waals surface area contributed by atoms with E-state index in [0.29, 0.717) is 13.0 Å². The smallest absolute Gasteiger partial charge is 0.211 e. The maximum Gasteiger partial charge on any atom is 0.211 e. The zero-order valence-corrected chi connectivity index (χ0v) is 9.84. The van der Waals surface area contributed by atoms with Crippen LogP contribution in [0.15, 0.2) is 0 Å². The van der Waals surface area contributed by atoms with E-state index >= 15 is 0 Å². The second-order valence-corrected chi connectivity index (χ2v) is 6.44. The Bertz CT molecular complexity index is 299. The van der Waals surface area contributed by atoms with Gasteiger partial charge in [0.05, 0.1) is 11.9 Å². The molecule has 1 saturated heterocycles. The average molecular weight is 221 g/mol. The number of rotatable bonds is 2. The van der Waals surface area contributed by atoms with Crippen LogP contribution in [-0.4, -0.2) is 42.8 Å². The summed E-state index contributed by atoms with van der Waals surface area (Å²) in [6, 6.07) is 0. The lowest BCUT2D eigenvalue weighted by atomic mass is 9.84. The summed E-state index contributed by atoms with van der Waals surface area (Å²) in [5.74, 6) is 0.0899. The molecular weight excluding hydrogens is 202 g/mol. The van der Waals surface area contributed by atoms with Crippen molar-refractivity contribution in [1.82, 2.24) is 4.31 Å². The zero-order valence-electron chi connectivity index (χ0n) is 9.02. The first-order valence-corrected chi connectivity index (χ1v) is 6.78. The van der Waals surface area contributed by atoms with Crippen molar-refractivity contribution < 1.29 is 13.5 Å². The van der Waals surface area contributed by atoms with Gasteiger partial charge in [-0.05, 0) is 18.8 Å². The molecular formula is C9H19NO3S. The maximum atomic E-state index is 11.3. The molecule has 0 aliphatic carbocycles. The van der Waals surface area contributed by atoms with Gasteiger partial charge < -0.3 is 5.11 Å². The fourth-order valence-electron chi connectivity index (χ4n) is 1.78. The van der Waals surface area contributed by atoms with Crippen LogP contribution in [0, 0.1) is 5.92 Å². The lowest BCUT2D eigenvalue weighted by Gasteiger charge is -2.40. The highest BCUT2D eigenvalue weighted by Gasteiger charge is 2.38. The minimum atomic E-state index is -3.16. The van der Waals surface area contributed by atoms with E-state index in [1.165, 1.54) is 10.6 Å². The number of hydrogen-bond donors (Lipinski definition) is 1. The van der Waals surface area contributed by atoms with Crippen molar-refractivity contribution in [2.45, 2.75) is 32.3 Å². The molecule has 1 aliphatic heterocycles. The van der Waals surface area contributed by atoms with Gasteiger partial charge in [0.15, 0.2) is 0 Å². The molecule has 0 aromatic rings. The monoisotopic (exact) mass is 221 g/mol. The van der Waals surface area contributed by atoms with E-state index in [1.807, 2.05) is 13.8 Å². The first kappa shape index (κ1) is 11.9. The number of nitrogens with zero attached hydrogens (tertiary/aromatic N) is 1. The minimum absolute atomic E-state index is 0.0899. The predicted octanol–water partition coefficient (Wildman–Crippen LogP) is 0.429. The van der Waals surface area contributed by atoms with Crippen LogP contribution >= 0.6 is 0 Å². The van der Waals surface area contributed by atoms with Crippen LogP contribution in [0.2, 0.25) is 0 Å². The molecule has 0 saturated carbocycles. The van der Waals surface area contributed by atoms with E-state index < -0.39 is 15.6 Å². The Balaban J connectivity index is 2.80. The van der Waals surface area contributed by atoms with E-state index in [1.54, 1.807) is 0 Å². The molecule has 1 heterocycles.